The molecule has 3 aliphatic rings. The number of carboxylic acid groups (broad SMARTS) is 1. The predicted molar refractivity (Wildman–Crippen MR) is 169 cm³/mol. The molecule has 0 bridgehead atoms. The lowest BCUT2D eigenvalue weighted by atomic mass is 9.95. The number of halogens is 3. The van der Waals surface area contributed by atoms with Crippen LogP contribution < -0.4 is 5.32 Å². The Kier molecular flexibility index (Phi) is 9.21. The molecule has 2 saturated heterocycles. The number of amides is 2. The first-order valence-corrected chi connectivity index (χ1v) is 15.7. The number of piperazine rings is 1. The van der Waals surface area contributed by atoms with E-state index in [2.05, 4.69) is 27.0 Å². The van der Waals surface area contributed by atoms with Gasteiger partial charge in [-0.1, -0.05) is 29.5 Å². The monoisotopic (exact) mass is 680 g/mol. The van der Waals surface area contributed by atoms with Crippen LogP contribution in [0.25, 0.3) is 0 Å². The molecule has 2 aromatic carbocycles. The maximum absolute atomic E-state index is 14.3. The molecule has 0 aliphatic carbocycles. The minimum absolute atomic E-state index is 0.0427. The number of nitrogens with one attached hydrogen (secondary N) is 1. The highest BCUT2D eigenvalue weighted by molar-refractivity contribution is 7.11. The number of carbonyl (C=O) groups is 3. The molecule has 4 heterocycles. The Labute approximate surface area is 277 Å². The van der Waals surface area contributed by atoms with E-state index in [0.717, 1.165) is 6.07 Å². The number of rotatable bonds is 7. The second-order valence-corrected chi connectivity index (χ2v) is 12.2. The number of thiazole rings is 1. The highest BCUT2D eigenvalue weighted by Gasteiger charge is 2.41. The predicted octanol–water partition coefficient (Wildman–Crippen LogP) is 3.76. The zero-order valence-corrected chi connectivity index (χ0v) is 26.4. The molecule has 11 nitrogen and oxygen atoms in total. The molecule has 2 N–H and O–H groups in total. The Morgan fingerprint density at radius 1 is 1.19 bits per heavy atom. The van der Waals surface area contributed by atoms with E-state index in [-0.39, 0.29) is 46.9 Å². The molecule has 0 spiro atoms. The largest absolute Gasteiger partial charge is 0.478 e. The number of ether oxygens (including phenoxy) is 1. The number of aromatic carboxylic acids is 1. The third-order valence-electron chi connectivity index (χ3n) is 8.03. The fraction of sp³-hybridized carbons (Fsp3) is 0.281. The molecule has 0 radical (unpaired) electrons. The van der Waals surface area contributed by atoms with Crippen molar-refractivity contribution >= 4 is 46.7 Å². The van der Waals surface area contributed by atoms with Crippen molar-refractivity contribution in [1.82, 2.24) is 25.0 Å². The van der Waals surface area contributed by atoms with E-state index < -0.39 is 29.6 Å². The van der Waals surface area contributed by atoms with Gasteiger partial charge in [0.2, 0.25) is 0 Å². The third-order valence-corrected chi connectivity index (χ3v) is 9.14. The second kappa shape index (κ2) is 13.5. The fourth-order valence-electron chi connectivity index (χ4n) is 5.79. The number of amidine groups is 1. The van der Waals surface area contributed by atoms with E-state index in [1.54, 1.807) is 21.4 Å². The third kappa shape index (κ3) is 6.69. The van der Waals surface area contributed by atoms with E-state index in [9.17, 15) is 23.2 Å². The molecule has 2 fully saturated rings. The van der Waals surface area contributed by atoms with Crippen molar-refractivity contribution in [3.63, 3.8) is 0 Å². The molecule has 1 aromatic heterocycles. The number of carbonyl (C=O) groups excluding carboxylic acids is 2. The van der Waals surface area contributed by atoms with Crippen LogP contribution in [0, 0.1) is 23.5 Å². The van der Waals surface area contributed by atoms with Gasteiger partial charge >= 0.3 is 18.0 Å². The zero-order chi connectivity index (χ0) is 33.2. The smallest absolute Gasteiger partial charge is 0.338 e. The van der Waals surface area contributed by atoms with Crippen LogP contribution >= 0.6 is 22.9 Å². The quantitative estimate of drug-likeness (QED) is 0.285. The number of benzene rings is 2. The summed E-state index contributed by atoms with van der Waals surface area (Å²) in [7, 11) is 1.27. The van der Waals surface area contributed by atoms with Crippen LogP contribution in [0.2, 0.25) is 5.02 Å². The number of aliphatic imine (C=N–C) groups is 1. The van der Waals surface area contributed by atoms with Gasteiger partial charge in [0.15, 0.2) is 10.8 Å². The molecule has 3 aromatic rings. The van der Waals surface area contributed by atoms with Gasteiger partial charge in [0.1, 0.15) is 17.7 Å². The topological polar surface area (TPSA) is 128 Å². The Morgan fingerprint density at radius 2 is 2.02 bits per heavy atom. The summed E-state index contributed by atoms with van der Waals surface area (Å²) in [6.07, 6.45) is 1.64. The van der Waals surface area contributed by atoms with Crippen molar-refractivity contribution in [2.45, 2.75) is 12.1 Å². The van der Waals surface area contributed by atoms with Gasteiger partial charge in [-0.05, 0) is 30.3 Å². The Morgan fingerprint density at radius 3 is 2.72 bits per heavy atom. The first-order chi connectivity index (χ1) is 22.6. The number of nitrogens with zero attached hydrogens (tertiary/aromatic N) is 5. The summed E-state index contributed by atoms with van der Waals surface area (Å²) < 4.78 is 33.4. The normalized spacial score (nSPS) is 19.5. The van der Waals surface area contributed by atoms with Gasteiger partial charge in [-0.3, -0.25) is 9.89 Å². The van der Waals surface area contributed by atoms with Crippen LogP contribution in [-0.4, -0.2) is 101 Å². The van der Waals surface area contributed by atoms with Gasteiger partial charge in [-0.15, -0.1) is 11.3 Å². The van der Waals surface area contributed by atoms with Crippen LogP contribution in [0.3, 0.4) is 0 Å². The van der Waals surface area contributed by atoms with Gasteiger partial charge in [-0.2, -0.15) is 0 Å². The van der Waals surface area contributed by atoms with Crippen LogP contribution in [-0.2, 0) is 9.53 Å². The van der Waals surface area contributed by atoms with Crippen LogP contribution in [0.5, 0.6) is 0 Å². The fourth-order valence-corrected chi connectivity index (χ4v) is 6.65. The SMILES string of the molecule is COC(=O)C1=C(CN2CCN3C(=O)N(CC#Cc4ccc(C(=O)O)cc4F)C[C@@H]3C2)NC(c2nccs2)=N[C@H]1c1ccc(F)cc1Cl. The van der Waals surface area contributed by atoms with E-state index in [1.807, 2.05) is 0 Å². The number of aromatic nitrogens is 1. The lowest BCUT2D eigenvalue weighted by molar-refractivity contribution is -0.136. The summed E-state index contributed by atoms with van der Waals surface area (Å²) in [4.78, 5) is 52.1. The number of fused-ring (bicyclic) bond motifs is 1. The Hall–Kier alpha value is -4.84. The summed E-state index contributed by atoms with van der Waals surface area (Å²) in [5.41, 5.74) is 1.05. The Bertz CT molecular complexity index is 1870. The molecular weight excluding hydrogens is 654 g/mol. The number of hydrogen-bond donors (Lipinski definition) is 2. The standard InChI is InChI=1S/C32H27ClF2N6O5S/c1-46-31(44)26-25(37-28(29-36-8-12-47-29)38-27(26)22-7-6-20(34)14-23(22)33)17-39-10-11-41-21(15-39)16-40(32(41)45)9-2-3-18-4-5-19(30(42)43)13-24(18)35/h4-8,12-14,21,27H,9-11,15-17H2,1H3,(H,37,38)(H,42,43)/t21-,27-/m0/s1. The van der Waals surface area contributed by atoms with E-state index in [1.165, 1.54) is 48.8 Å². The molecule has 47 heavy (non-hydrogen) atoms. The summed E-state index contributed by atoms with van der Waals surface area (Å²) >= 11 is 7.82. The maximum Gasteiger partial charge on any atom is 0.338 e. The summed E-state index contributed by atoms with van der Waals surface area (Å²) in [5.74, 6) is 2.82. The van der Waals surface area contributed by atoms with Gasteiger partial charge in [0, 0.05) is 60.6 Å². The summed E-state index contributed by atoms with van der Waals surface area (Å²) in [6, 6.07) is 6.18. The first-order valence-electron chi connectivity index (χ1n) is 14.4. The van der Waals surface area contributed by atoms with E-state index >= 15 is 0 Å². The van der Waals surface area contributed by atoms with Crippen molar-refractivity contribution in [1.29, 1.82) is 0 Å². The van der Waals surface area contributed by atoms with Crippen LogP contribution in [0.4, 0.5) is 13.6 Å². The van der Waals surface area contributed by atoms with E-state index in [0.29, 0.717) is 48.3 Å². The molecular formula is C32H27ClF2N6O5S. The molecule has 2 atom stereocenters. The van der Waals surface area contributed by atoms with Crippen LogP contribution in [0.15, 0.2) is 64.2 Å². The summed E-state index contributed by atoms with van der Waals surface area (Å²) in [6.45, 7) is 2.17. The van der Waals surface area contributed by atoms with Gasteiger partial charge in [0.05, 0.1) is 36.4 Å². The molecule has 242 valence electrons. The van der Waals surface area contributed by atoms with Crippen molar-refractivity contribution < 1.29 is 33.0 Å². The molecule has 0 saturated carbocycles. The maximum atomic E-state index is 14.3. The summed E-state index contributed by atoms with van der Waals surface area (Å²) in [5, 5.41) is 14.8. The highest BCUT2D eigenvalue weighted by atomic mass is 35.5. The second-order valence-electron chi connectivity index (χ2n) is 10.9. The number of urea groups is 1. The lowest BCUT2D eigenvalue weighted by Crippen LogP contribution is -2.53. The lowest BCUT2D eigenvalue weighted by Gasteiger charge is -2.38. The average molecular weight is 681 g/mol. The number of hydrogen-bond acceptors (Lipinski definition) is 9. The minimum atomic E-state index is -1.24. The molecule has 2 amide bonds. The molecule has 6 rings (SSSR count). The van der Waals surface area contributed by atoms with Crippen LogP contribution in [0.1, 0.15) is 32.5 Å². The first kappa shape index (κ1) is 32.1. The Balaban J connectivity index is 1.21. The number of carboxylic acids is 1. The molecule has 3 aliphatic heterocycles. The highest BCUT2D eigenvalue weighted by Crippen LogP contribution is 2.37. The number of methoxy groups -OCH3 is 1. The number of esters is 1. The van der Waals surface area contributed by atoms with E-state index in [4.69, 9.17) is 26.4 Å². The average Bonchev–Trinajstić information content (AvgIpc) is 3.69. The molecule has 0 unspecified atom stereocenters. The van der Waals surface area contributed by atoms with Gasteiger partial charge in [0.25, 0.3) is 0 Å². The van der Waals surface area contributed by atoms with Crippen molar-refractivity contribution in [2.24, 2.45) is 4.99 Å². The van der Waals surface area contributed by atoms with Crippen molar-refractivity contribution in [2.75, 3.05) is 46.4 Å². The molecule has 15 heteroatoms. The van der Waals surface area contributed by atoms with Crippen molar-refractivity contribution in [3.05, 3.63) is 97.6 Å². The minimum Gasteiger partial charge on any atom is -0.478 e. The van der Waals surface area contributed by atoms with Gasteiger partial charge < -0.3 is 25.0 Å². The zero-order valence-electron chi connectivity index (χ0n) is 24.9. The van der Waals surface area contributed by atoms with Crippen molar-refractivity contribution in [3.8, 4) is 11.8 Å². The van der Waals surface area contributed by atoms with Gasteiger partial charge in [-0.25, -0.2) is 28.1 Å².